The van der Waals surface area contributed by atoms with Gasteiger partial charge in [0.05, 0.1) is 17.7 Å². The van der Waals surface area contributed by atoms with Crippen LogP contribution in [-0.4, -0.2) is 20.9 Å². The van der Waals surface area contributed by atoms with Crippen LogP contribution in [-0.2, 0) is 10.0 Å². The molecule has 1 unspecified atom stereocenters. The standard InChI is InChI=1S/C16H15ClN2O4S/c17-12-6-5-10(9-15(12)24(18,21)22)16(20)19-13-7-8-23-14-4-2-1-3-11(13)14/h1-6,9,13H,7-8H2,(H,19,20)(H2,18,21,22). The molecule has 0 spiro atoms. The lowest BCUT2D eigenvalue weighted by Gasteiger charge is -2.26. The van der Waals surface area contributed by atoms with Crippen LogP contribution in [0.2, 0.25) is 5.02 Å². The van der Waals surface area contributed by atoms with E-state index >= 15 is 0 Å². The summed E-state index contributed by atoms with van der Waals surface area (Å²) in [6, 6.07) is 11.2. The van der Waals surface area contributed by atoms with E-state index in [1.807, 2.05) is 24.3 Å². The van der Waals surface area contributed by atoms with Gasteiger partial charge in [0.15, 0.2) is 0 Å². The van der Waals surface area contributed by atoms with Gasteiger partial charge in [-0.05, 0) is 24.3 Å². The zero-order valence-corrected chi connectivity index (χ0v) is 14.1. The molecule has 0 aliphatic carbocycles. The predicted octanol–water partition coefficient (Wildman–Crippen LogP) is 2.24. The molecule has 3 rings (SSSR count). The Balaban J connectivity index is 1.87. The molecule has 6 nitrogen and oxygen atoms in total. The molecule has 8 heteroatoms. The van der Waals surface area contributed by atoms with Crippen molar-refractivity contribution in [1.82, 2.24) is 5.32 Å². The van der Waals surface area contributed by atoms with E-state index in [9.17, 15) is 13.2 Å². The maximum absolute atomic E-state index is 12.5. The highest BCUT2D eigenvalue weighted by Gasteiger charge is 2.24. The number of benzene rings is 2. The van der Waals surface area contributed by atoms with Crippen LogP contribution in [0, 0.1) is 0 Å². The van der Waals surface area contributed by atoms with Crippen LogP contribution < -0.4 is 15.2 Å². The summed E-state index contributed by atoms with van der Waals surface area (Å²) >= 11 is 5.84. The van der Waals surface area contributed by atoms with E-state index in [-0.39, 0.29) is 21.5 Å². The summed E-state index contributed by atoms with van der Waals surface area (Å²) in [6.45, 7) is 0.491. The third-order valence-electron chi connectivity index (χ3n) is 3.76. The minimum atomic E-state index is -4.00. The van der Waals surface area contributed by atoms with Crippen LogP contribution in [0.15, 0.2) is 47.4 Å². The second-order valence-corrected chi connectivity index (χ2v) is 7.33. The van der Waals surface area contributed by atoms with E-state index in [2.05, 4.69) is 5.32 Å². The van der Waals surface area contributed by atoms with Crippen molar-refractivity contribution in [3.05, 3.63) is 58.6 Å². The van der Waals surface area contributed by atoms with Crippen molar-refractivity contribution in [3.8, 4) is 5.75 Å². The van der Waals surface area contributed by atoms with Crippen molar-refractivity contribution in [2.45, 2.75) is 17.4 Å². The minimum Gasteiger partial charge on any atom is -0.493 e. The molecule has 126 valence electrons. The van der Waals surface area contributed by atoms with Crippen LogP contribution in [0.25, 0.3) is 0 Å². The second kappa shape index (κ2) is 6.43. The van der Waals surface area contributed by atoms with Crippen molar-refractivity contribution in [3.63, 3.8) is 0 Å². The van der Waals surface area contributed by atoms with Gasteiger partial charge in [-0.2, -0.15) is 0 Å². The van der Waals surface area contributed by atoms with Crippen molar-refractivity contribution in [2.24, 2.45) is 5.14 Å². The van der Waals surface area contributed by atoms with Crippen molar-refractivity contribution >= 4 is 27.5 Å². The Labute approximate surface area is 144 Å². The Kier molecular flexibility index (Phi) is 4.49. The number of amides is 1. The molecule has 1 aliphatic heterocycles. The monoisotopic (exact) mass is 366 g/mol. The third-order valence-corrected chi connectivity index (χ3v) is 5.16. The average Bonchev–Trinajstić information content (AvgIpc) is 2.54. The van der Waals surface area contributed by atoms with Gasteiger partial charge >= 0.3 is 0 Å². The first-order valence-electron chi connectivity index (χ1n) is 7.21. The van der Waals surface area contributed by atoms with Crippen LogP contribution in [0.3, 0.4) is 0 Å². The summed E-state index contributed by atoms with van der Waals surface area (Å²) in [5, 5.41) is 7.98. The number of halogens is 1. The van der Waals surface area contributed by atoms with Crippen molar-refractivity contribution < 1.29 is 17.9 Å². The summed E-state index contributed by atoms with van der Waals surface area (Å²) in [7, 11) is -4.00. The fraction of sp³-hybridized carbons (Fsp3) is 0.188. The summed E-state index contributed by atoms with van der Waals surface area (Å²) in [6.07, 6.45) is 0.623. The lowest BCUT2D eigenvalue weighted by atomic mass is 10.00. The number of rotatable bonds is 3. The van der Waals surface area contributed by atoms with Gasteiger partial charge in [-0.3, -0.25) is 4.79 Å². The summed E-state index contributed by atoms with van der Waals surface area (Å²) in [5.41, 5.74) is 1.06. The normalized spacial score (nSPS) is 16.8. The number of carbonyl (C=O) groups is 1. The molecular weight excluding hydrogens is 352 g/mol. The molecule has 3 N–H and O–H groups in total. The average molecular weight is 367 g/mol. The van der Waals surface area contributed by atoms with Crippen LogP contribution in [0.5, 0.6) is 5.75 Å². The van der Waals surface area contributed by atoms with E-state index in [0.717, 1.165) is 11.3 Å². The van der Waals surface area contributed by atoms with E-state index < -0.39 is 15.9 Å². The molecule has 1 amide bonds. The van der Waals surface area contributed by atoms with Gasteiger partial charge in [0.25, 0.3) is 5.91 Å². The number of nitrogens with one attached hydrogen (secondary N) is 1. The molecule has 1 heterocycles. The topological polar surface area (TPSA) is 98.5 Å². The van der Waals surface area contributed by atoms with Gasteiger partial charge in [-0.1, -0.05) is 29.8 Å². The molecule has 0 saturated carbocycles. The number of fused-ring (bicyclic) bond motifs is 1. The fourth-order valence-corrected chi connectivity index (χ4v) is 3.67. The van der Waals surface area contributed by atoms with Crippen LogP contribution in [0.4, 0.5) is 0 Å². The highest BCUT2D eigenvalue weighted by Crippen LogP contribution is 2.32. The number of hydrogen-bond acceptors (Lipinski definition) is 4. The van der Waals surface area contributed by atoms with E-state index in [1.54, 1.807) is 0 Å². The quantitative estimate of drug-likeness (QED) is 0.870. The number of primary sulfonamides is 1. The SMILES string of the molecule is NS(=O)(=O)c1cc(C(=O)NC2CCOc3ccccc32)ccc1Cl. The van der Waals surface area contributed by atoms with Crippen LogP contribution >= 0.6 is 11.6 Å². The zero-order chi connectivity index (χ0) is 17.3. The number of hydrogen-bond donors (Lipinski definition) is 2. The first-order valence-corrected chi connectivity index (χ1v) is 9.13. The van der Waals surface area contributed by atoms with Crippen molar-refractivity contribution in [2.75, 3.05) is 6.61 Å². The van der Waals surface area contributed by atoms with E-state index in [0.29, 0.717) is 13.0 Å². The van der Waals surface area contributed by atoms with Gasteiger partial charge < -0.3 is 10.1 Å². The first kappa shape index (κ1) is 16.8. The number of carbonyl (C=O) groups excluding carboxylic acids is 1. The number of sulfonamides is 1. The van der Waals surface area contributed by atoms with Gasteiger partial charge in [0, 0.05) is 17.5 Å². The molecule has 24 heavy (non-hydrogen) atoms. The van der Waals surface area contributed by atoms with Crippen molar-refractivity contribution in [1.29, 1.82) is 0 Å². The van der Waals surface area contributed by atoms with E-state index in [4.69, 9.17) is 21.5 Å². The molecule has 2 aromatic rings. The number of para-hydroxylation sites is 1. The summed E-state index contributed by atoms with van der Waals surface area (Å²) < 4.78 is 28.6. The molecule has 0 radical (unpaired) electrons. The Morgan fingerprint density at radius 2 is 2.00 bits per heavy atom. The Morgan fingerprint density at radius 3 is 2.75 bits per heavy atom. The third kappa shape index (κ3) is 3.38. The Hall–Kier alpha value is -2.09. The molecule has 1 atom stereocenters. The highest BCUT2D eigenvalue weighted by atomic mass is 35.5. The van der Waals surface area contributed by atoms with Gasteiger partial charge in [-0.15, -0.1) is 0 Å². The predicted molar refractivity (Wildman–Crippen MR) is 89.6 cm³/mol. The molecule has 0 bridgehead atoms. The Morgan fingerprint density at radius 1 is 1.25 bits per heavy atom. The maximum atomic E-state index is 12.5. The summed E-state index contributed by atoms with van der Waals surface area (Å²) in [4.78, 5) is 12.2. The molecule has 0 fully saturated rings. The first-order chi connectivity index (χ1) is 11.4. The molecule has 0 saturated heterocycles. The molecule has 2 aromatic carbocycles. The minimum absolute atomic E-state index is 0.0227. The summed E-state index contributed by atoms with van der Waals surface area (Å²) in [5.74, 6) is 0.327. The lowest BCUT2D eigenvalue weighted by molar-refractivity contribution is 0.0924. The fourth-order valence-electron chi connectivity index (χ4n) is 2.60. The Bertz CT molecular complexity index is 899. The molecule has 0 aromatic heterocycles. The highest BCUT2D eigenvalue weighted by molar-refractivity contribution is 7.89. The molecule has 1 aliphatic rings. The number of ether oxygens (including phenoxy) is 1. The number of nitrogens with two attached hydrogens (primary N) is 1. The van der Waals surface area contributed by atoms with Crippen LogP contribution in [0.1, 0.15) is 28.4 Å². The van der Waals surface area contributed by atoms with Gasteiger partial charge in [0.1, 0.15) is 10.6 Å². The second-order valence-electron chi connectivity index (χ2n) is 5.39. The van der Waals surface area contributed by atoms with E-state index in [1.165, 1.54) is 18.2 Å². The molecular formula is C16H15ClN2O4S. The smallest absolute Gasteiger partial charge is 0.251 e. The van der Waals surface area contributed by atoms with Gasteiger partial charge in [-0.25, -0.2) is 13.6 Å². The largest absolute Gasteiger partial charge is 0.493 e. The lowest BCUT2D eigenvalue weighted by Crippen LogP contribution is -2.32. The van der Waals surface area contributed by atoms with Gasteiger partial charge in [0.2, 0.25) is 10.0 Å². The maximum Gasteiger partial charge on any atom is 0.251 e. The zero-order valence-electron chi connectivity index (χ0n) is 12.5.